The third-order valence-corrected chi connectivity index (χ3v) is 6.35. The summed E-state index contributed by atoms with van der Waals surface area (Å²) >= 11 is 0. The molecule has 3 aromatic carbocycles. The topological polar surface area (TPSA) is 59.6 Å². The average molecular weight is 427 g/mol. The fourth-order valence-electron chi connectivity index (χ4n) is 4.74. The Labute approximate surface area is 188 Å². The van der Waals surface area contributed by atoms with Crippen LogP contribution in [0.15, 0.2) is 84.1 Å². The standard InChI is InChI=1S/C27H26N2O3/c1-31-19-13-11-17(12-14-19)18-15-23-26(24(30)16-18)27(20-7-3-6-10-25(20)32-2)29-22-9-5-4-8-21(22)28-23/h3-14,18,27-29H,15-16H2,1-2H3. The van der Waals surface area contributed by atoms with Gasteiger partial charge in [-0.15, -0.1) is 0 Å². The number of benzene rings is 3. The number of hydrogen-bond acceptors (Lipinski definition) is 5. The first-order chi connectivity index (χ1) is 15.7. The average Bonchev–Trinajstić information content (AvgIpc) is 3.01. The van der Waals surface area contributed by atoms with Crippen molar-refractivity contribution in [3.05, 3.63) is 95.2 Å². The monoisotopic (exact) mass is 426 g/mol. The zero-order valence-corrected chi connectivity index (χ0v) is 18.2. The van der Waals surface area contributed by atoms with E-state index in [4.69, 9.17) is 9.47 Å². The largest absolute Gasteiger partial charge is 0.497 e. The molecule has 0 saturated carbocycles. The molecule has 2 atom stereocenters. The Morgan fingerprint density at radius 3 is 2.28 bits per heavy atom. The molecule has 0 radical (unpaired) electrons. The molecule has 3 aromatic rings. The molecule has 0 spiro atoms. The highest BCUT2D eigenvalue weighted by Gasteiger charge is 2.36. The first-order valence-electron chi connectivity index (χ1n) is 10.8. The maximum absolute atomic E-state index is 13.6. The van der Waals surface area contributed by atoms with E-state index in [1.165, 1.54) is 0 Å². The predicted octanol–water partition coefficient (Wildman–Crippen LogP) is 5.68. The molecule has 32 heavy (non-hydrogen) atoms. The zero-order chi connectivity index (χ0) is 22.1. The molecule has 0 bridgehead atoms. The number of ether oxygens (including phenoxy) is 2. The van der Waals surface area contributed by atoms with Crippen LogP contribution in [0.25, 0.3) is 0 Å². The molecule has 0 aromatic heterocycles. The van der Waals surface area contributed by atoms with E-state index in [1.807, 2.05) is 60.7 Å². The lowest BCUT2D eigenvalue weighted by molar-refractivity contribution is -0.116. The van der Waals surface area contributed by atoms with Crippen molar-refractivity contribution in [3.63, 3.8) is 0 Å². The van der Waals surface area contributed by atoms with Crippen LogP contribution in [0.1, 0.15) is 35.9 Å². The summed E-state index contributed by atoms with van der Waals surface area (Å²) in [5, 5.41) is 7.19. The Morgan fingerprint density at radius 2 is 1.53 bits per heavy atom. The molecule has 2 unspecified atom stereocenters. The number of Topliss-reactive ketones (excluding diaryl/α,β-unsaturated/α-hetero) is 1. The number of carbonyl (C=O) groups is 1. The Balaban J connectivity index is 1.60. The molecule has 5 heteroatoms. The van der Waals surface area contributed by atoms with Gasteiger partial charge in [-0.25, -0.2) is 0 Å². The Kier molecular flexibility index (Phi) is 5.31. The van der Waals surface area contributed by atoms with Gasteiger partial charge in [-0.1, -0.05) is 42.5 Å². The summed E-state index contributed by atoms with van der Waals surface area (Å²) < 4.78 is 10.9. The number of nitrogens with one attached hydrogen (secondary N) is 2. The third kappa shape index (κ3) is 3.60. The SMILES string of the molecule is COc1ccc(C2CC(=O)C3=C(C2)Nc2ccccc2NC3c2ccccc2OC)cc1. The molecule has 5 rings (SSSR count). The number of anilines is 2. The number of para-hydroxylation sites is 3. The minimum Gasteiger partial charge on any atom is -0.497 e. The van der Waals surface area contributed by atoms with Gasteiger partial charge >= 0.3 is 0 Å². The van der Waals surface area contributed by atoms with Gasteiger partial charge in [0.2, 0.25) is 0 Å². The van der Waals surface area contributed by atoms with Crippen molar-refractivity contribution < 1.29 is 14.3 Å². The summed E-state index contributed by atoms with van der Waals surface area (Å²) in [7, 11) is 3.33. The summed E-state index contributed by atoms with van der Waals surface area (Å²) in [5.74, 6) is 1.85. The van der Waals surface area contributed by atoms with E-state index in [0.717, 1.165) is 51.7 Å². The summed E-state index contributed by atoms with van der Waals surface area (Å²) in [4.78, 5) is 13.6. The van der Waals surface area contributed by atoms with Gasteiger partial charge in [0.05, 0.1) is 31.6 Å². The molecule has 0 saturated heterocycles. The van der Waals surface area contributed by atoms with Crippen LogP contribution in [0.2, 0.25) is 0 Å². The van der Waals surface area contributed by atoms with Gasteiger partial charge in [-0.3, -0.25) is 4.79 Å². The molecule has 1 aliphatic carbocycles. The predicted molar refractivity (Wildman–Crippen MR) is 126 cm³/mol. The van der Waals surface area contributed by atoms with Gasteiger partial charge in [0.1, 0.15) is 11.5 Å². The lowest BCUT2D eigenvalue weighted by Crippen LogP contribution is -2.27. The van der Waals surface area contributed by atoms with Crippen LogP contribution < -0.4 is 20.1 Å². The van der Waals surface area contributed by atoms with Gasteiger partial charge in [-0.05, 0) is 48.2 Å². The summed E-state index contributed by atoms with van der Waals surface area (Å²) in [6, 6.07) is 23.7. The number of fused-ring (bicyclic) bond motifs is 1. The van der Waals surface area contributed by atoms with Gasteiger partial charge in [0, 0.05) is 23.3 Å². The van der Waals surface area contributed by atoms with E-state index in [-0.39, 0.29) is 17.7 Å². The highest BCUT2D eigenvalue weighted by atomic mass is 16.5. The number of methoxy groups -OCH3 is 2. The van der Waals surface area contributed by atoms with Crippen molar-refractivity contribution in [2.45, 2.75) is 24.8 Å². The molecule has 2 N–H and O–H groups in total. The van der Waals surface area contributed by atoms with Crippen LogP contribution in [-0.2, 0) is 4.79 Å². The van der Waals surface area contributed by atoms with Gasteiger partial charge < -0.3 is 20.1 Å². The zero-order valence-electron chi connectivity index (χ0n) is 18.2. The maximum atomic E-state index is 13.6. The Morgan fingerprint density at radius 1 is 0.812 bits per heavy atom. The van der Waals surface area contributed by atoms with E-state index in [2.05, 4.69) is 22.8 Å². The lowest BCUT2D eigenvalue weighted by Gasteiger charge is -2.30. The normalized spacial score (nSPS) is 19.8. The van der Waals surface area contributed by atoms with Crippen LogP contribution in [0.3, 0.4) is 0 Å². The molecule has 0 amide bonds. The molecular formula is C27H26N2O3. The number of allylic oxidation sites excluding steroid dienone is 1. The smallest absolute Gasteiger partial charge is 0.163 e. The van der Waals surface area contributed by atoms with Crippen LogP contribution >= 0.6 is 0 Å². The second kappa shape index (κ2) is 8.42. The van der Waals surface area contributed by atoms with Gasteiger partial charge in [-0.2, -0.15) is 0 Å². The van der Waals surface area contributed by atoms with Crippen molar-refractivity contribution in [2.24, 2.45) is 0 Å². The number of rotatable bonds is 4. The fourth-order valence-corrected chi connectivity index (χ4v) is 4.74. The number of hydrogen-bond donors (Lipinski definition) is 2. The molecular weight excluding hydrogens is 400 g/mol. The molecule has 5 nitrogen and oxygen atoms in total. The van der Waals surface area contributed by atoms with Crippen LogP contribution in [0, 0.1) is 0 Å². The molecule has 162 valence electrons. The second-order valence-corrected chi connectivity index (χ2v) is 8.18. The van der Waals surface area contributed by atoms with Crippen molar-refractivity contribution in [1.82, 2.24) is 0 Å². The highest BCUT2D eigenvalue weighted by molar-refractivity contribution is 6.01. The fraction of sp³-hybridized carbons (Fsp3) is 0.222. The van der Waals surface area contributed by atoms with Gasteiger partial charge in [0.25, 0.3) is 0 Å². The minimum atomic E-state index is -0.290. The van der Waals surface area contributed by atoms with Gasteiger partial charge in [0.15, 0.2) is 5.78 Å². The van der Waals surface area contributed by atoms with E-state index in [1.54, 1.807) is 14.2 Å². The minimum absolute atomic E-state index is 0.114. The van der Waals surface area contributed by atoms with E-state index >= 15 is 0 Å². The Hall–Kier alpha value is -3.73. The van der Waals surface area contributed by atoms with Crippen molar-refractivity contribution in [1.29, 1.82) is 0 Å². The first kappa shape index (κ1) is 20.2. The van der Waals surface area contributed by atoms with Crippen LogP contribution in [0.4, 0.5) is 11.4 Å². The van der Waals surface area contributed by atoms with Crippen molar-refractivity contribution >= 4 is 17.2 Å². The lowest BCUT2D eigenvalue weighted by atomic mass is 9.78. The van der Waals surface area contributed by atoms with Crippen molar-refractivity contribution in [2.75, 3.05) is 24.9 Å². The molecule has 0 fully saturated rings. The molecule has 1 heterocycles. The van der Waals surface area contributed by atoms with E-state index < -0.39 is 0 Å². The van der Waals surface area contributed by atoms with Crippen molar-refractivity contribution in [3.8, 4) is 11.5 Å². The number of carbonyl (C=O) groups excluding carboxylic acids is 1. The van der Waals surface area contributed by atoms with E-state index in [9.17, 15) is 4.79 Å². The second-order valence-electron chi connectivity index (χ2n) is 8.18. The third-order valence-electron chi connectivity index (χ3n) is 6.35. The number of ketones is 1. The molecule has 2 aliphatic rings. The van der Waals surface area contributed by atoms with E-state index in [0.29, 0.717) is 6.42 Å². The maximum Gasteiger partial charge on any atom is 0.163 e. The Bertz CT molecular complexity index is 1180. The first-order valence-corrected chi connectivity index (χ1v) is 10.8. The summed E-state index contributed by atoms with van der Waals surface area (Å²) in [6.07, 6.45) is 1.23. The summed E-state index contributed by atoms with van der Waals surface area (Å²) in [5.41, 5.74) is 5.79. The quantitative estimate of drug-likeness (QED) is 0.562. The van der Waals surface area contributed by atoms with Crippen LogP contribution in [0.5, 0.6) is 11.5 Å². The van der Waals surface area contributed by atoms with Crippen LogP contribution in [-0.4, -0.2) is 20.0 Å². The molecule has 1 aliphatic heterocycles. The summed E-state index contributed by atoms with van der Waals surface area (Å²) in [6.45, 7) is 0. The highest BCUT2D eigenvalue weighted by Crippen LogP contribution is 2.45.